The van der Waals surface area contributed by atoms with Gasteiger partial charge in [-0.2, -0.15) is 0 Å². The fourth-order valence-electron chi connectivity index (χ4n) is 1.40. The second-order valence-electron chi connectivity index (χ2n) is 3.97. The molecule has 1 heterocycles. The number of carbonyl (C=O) groups excluding carboxylic acids is 1. The molecule has 0 unspecified atom stereocenters. The first-order valence-electron chi connectivity index (χ1n) is 4.65. The number of nitrogens with one attached hydrogen (secondary N) is 1. The largest absolute Gasteiger partial charge is 0.346 e. The van der Waals surface area contributed by atoms with Crippen molar-refractivity contribution in [3.05, 3.63) is 29.6 Å². The van der Waals surface area contributed by atoms with Gasteiger partial charge in [0.2, 0.25) is 5.91 Å². The lowest BCUT2D eigenvalue weighted by atomic mass is 9.99. The van der Waals surface area contributed by atoms with E-state index in [-0.39, 0.29) is 5.91 Å². The molecule has 76 valence electrons. The van der Waals surface area contributed by atoms with Gasteiger partial charge in [0, 0.05) is 12.6 Å². The summed E-state index contributed by atoms with van der Waals surface area (Å²) in [6.45, 7) is 7.33. The second kappa shape index (κ2) is 3.78. The minimum Gasteiger partial charge on any atom is -0.346 e. The summed E-state index contributed by atoms with van der Waals surface area (Å²) in [5, 5.41) is 2.86. The van der Waals surface area contributed by atoms with Crippen LogP contribution in [-0.4, -0.2) is 10.9 Å². The third-order valence-electron chi connectivity index (χ3n) is 2.02. The van der Waals surface area contributed by atoms with Crippen LogP contribution < -0.4 is 5.32 Å². The summed E-state index contributed by atoms with van der Waals surface area (Å²) in [7, 11) is 0. The monoisotopic (exact) mass is 192 g/mol. The van der Waals surface area contributed by atoms with Crippen LogP contribution >= 0.6 is 0 Å². The lowest BCUT2D eigenvalue weighted by Crippen LogP contribution is -2.40. The second-order valence-corrected chi connectivity index (χ2v) is 3.97. The summed E-state index contributed by atoms with van der Waals surface area (Å²) >= 11 is 0. The van der Waals surface area contributed by atoms with Crippen molar-refractivity contribution in [3.63, 3.8) is 0 Å². The van der Waals surface area contributed by atoms with Crippen LogP contribution in [0.1, 0.15) is 32.2 Å². The Labute approximate surface area is 84.6 Å². The van der Waals surface area contributed by atoms with Crippen LogP contribution in [0, 0.1) is 6.92 Å². The highest BCUT2D eigenvalue weighted by Gasteiger charge is 2.22. The maximum absolute atomic E-state index is 11.0. The van der Waals surface area contributed by atoms with E-state index in [1.54, 1.807) is 0 Å². The van der Waals surface area contributed by atoms with E-state index in [9.17, 15) is 4.79 Å². The van der Waals surface area contributed by atoms with Gasteiger partial charge in [0.25, 0.3) is 0 Å². The number of aryl methyl sites for hydroxylation is 1. The lowest BCUT2D eigenvalue weighted by molar-refractivity contribution is -0.120. The van der Waals surface area contributed by atoms with Gasteiger partial charge < -0.3 is 5.32 Å². The van der Waals surface area contributed by atoms with Gasteiger partial charge in [0.05, 0.1) is 11.2 Å². The van der Waals surface area contributed by atoms with Crippen LogP contribution in [0.2, 0.25) is 0 Å². The zero-order valence-corrected chi connectivity index (χ0v) is 9.09. The molecule has 1 N–H and O–H groups in total. The molecule has 0 aliphatic heterocycles. The van der Waals surface area contributed by atoms with Crippen LogP contribution in [0.4, 0.5) is 0 Å². The number of pyridine rings is 1. The summed E-state index contributed by atoms with van der Waals surface area (Å²) in [6, 6.07) is 5.80. The Morgan fingerprint density at radius 3 is 2.57 bits per heavy atom. The predicted octanol–water partition coefficient (Wildman–Crippen LogP) is 1.76. The van der Waals surface area contributed by atoms with Gasteiger partial charge in [-0.25, -0.2) is 0 Å². The third-order valence-corrected chi connectivity index (χ3v) is 2.02. The summed E-state index contributed by atoms with van der Waals surface area (Å²) in [5.74, 6) is -0.0432. The fourth-order valence-corrected chi connectivity index (χ4v) is 1.40. The molecule has 0 aliphatic carbocycles. The molecule has 1 aromatic heterocycles. The molecular weight excluding hydrogens is 176 g/mol. The molecule has 0 aliphatic rings. The van der Waals surface area contributed by atoms with Gasteiger partial charge >= 0.3 is 0 Å². The molecule has 0 fully saturated rings. The maximum Gasteiger partial charge on any atom is 0.217 e. The molecule has 0 saturated heterocycles. The predicted molar refractivity (Wildman–Crippen MR) is 55.8 cm³/mol. The normalized spacial score (nSPS) is 11.1. The van der Waals surface area contributed by atoms with Crippen molar-refractivity contribution in [2.24, 2.45) is 0 Å². The molecule has 0 saturated carbocycles. The number of carbonyl (C=O) groups is 1. The molecule has 1 rings (SSSR count). The summed E-state index contributed by atoms with van der Waals surface area (Å²) < 4.78 is 0. The number of nitrogens with zero attached hydrogens (tertiary/aromatic N) is 1. The summed E-state index contributed by atoms with van der Waals surface area (Å²) in [6.07, 6.45) is 0. The van der Waals surface area contributed by atoms with Crippen LogP contribution in [-0.2, 0) is 10.3 Å². The molecular formula is C11H16N2O. The Bertz CT molecular complexity index is 345. The first-order chi connectivity index (χ1) is 6.42. The van der Waals surface area contributed by atoms with Crippen molar-refractivity contribution in [2.45, 2.75) is 33.2 Å². The van der Waals surface area contributed by atoms with Crippen molar-refractivity contribution in [1.82, 2.24) is 10.3 Å². The molecule has 0 spiro atoms. The van der Waals surface area contributed by atoms with E-state index >= 15 is 0 Å². The Morgan fingerprint density at radius 1 is 1.43 bits per heavy atom. The standard InChI is InChI=1S/C11H16N2O/c1-8-6-5-7-10(12-8)11(3,4)13-9(2)14/h5-7H,1-4H3,(H,13,14). The van der Waals surface area contributed by atoms with Crippen molar-refractivity contribution in [2.75, 3.05) is 0 Å². The minimum atomic E-state index is -0.405. The highest BCUT2D eigenvalue weighted by molar-refractivity contribution is 5.73. The summed E-state index contributed by atoms with van der Waals surface area (Å²) in [4.78, 5) is 15.4. The number of hydrogen-bond donors (Lipinski definition) is 1. The smallest absolute Gasteiger partial charge is 0.217 e. The Balaban J connectivity index is 2.97. The SMILES string of the molecule is CC(=O)NC(C)(C)c1cccc(C)n1. The molecule has 3 nitrogen and oxygen atoms in total. The number of rotatable bonds is 2. The number of aromatic nitrogens is 1. The van der Waals surface area contributed by atoms with Crippen LogP contribution in [0.25, 0.3) is 0 Å². The van der Waals surface area contributed by atoms with Crippen LogP contribution in [0.3, 0.4) is 0 Å². The molecule has 3 heteroatoms. The number of hydrogen-bond acceptors (Lipinski definition) is 2. The van der Waals surface area contributed by atoms with E-state index in [1.807, 2.05) is 39.0 Å². The fraction of sp³-hybridized carbons (Fsp3) is 0.455. The van der Waals surface area contributed by atoms with E-state index in [2.05, 4.69) is 10.3 Å². The van der Waals surface area contributed by atoms with Crippen molar-refractivity contribution < 1.29 is 4.79 Å². The summed E-state index contributed by atoms with van der Waals surface area (Å²) in [5.41, 5.74) is 1.44. The zero-order valence-electron chi connectivity index (χ0n) is 9.09. The van der Waals surface area contributed by atoms with E-state index in [1.165, 1.54) is 6.92 Å². The molecule has 0 atom stereocenters. The molecule has 0 bridgehead atoms. The molecule has 14 heavy (non-hydrogen) atoms. The highest BCUT2D eigenvalue weighted by Crippen LogP contribution is 2.17. The molecule has 1 aromatic rings. The lowest BCUT2D eigenvalue weighted by Gasteiger charge is -2.25. The van der Waals surface area contributed by atoms with Gasteiger partial charge in [0.15, 0.2) is 0 Å². The quantitative estimate of drug-likeness (QED) is 0.775. The van der Waals surface area contributed by atoms with Gasteiger partial charge in [-0.1, -0.05) is 6.07 Å². The van der Waals surface area contributed by atoms with Crippen molar-refractivity contribution in [1.29, 1.82) is 0 Å². The third kappa shape index (κ3) is 2.55. The van der Waals surface area contributed by atoms with Gasteiger partial charge in [-0.3, -0.25) is 9.78 Å². The Kier molecular flexibility index (Phi) is 2.89. The molecule has 0 radical (unpaired) electrons. The van der Waals surface area contributed by atoms with Crippen molar-refractivity contribution >= 4 is 5.91 Å². The maximum atomic E-state index is 11.0. The van der Waals surface area contributed by atoms with E-state index in [0.717, 1.165) is 11.4 Å². The molecule has 0 aromatic carbocycles. The van der Waals surface area contributed by atoms with Gasteiger partial charge in [0.1, 0.15) is 0 Å². The minimum absolute atomic E-state index is 0.0432. The van der Waals surface area contributed by atoms with Gasteiger partial charge in [-0.05, 0) is 32.9 Å². The van der Waals surface area contributed by atoms with Crippen LogP contribution in [0.15, 0.2) is 18.2 Å². The number of amides is 1. The highest BCUT2D eigenvalue weighted by atomic mass is 16.1. The van der Waals surface area contributed by atoms with E-state index in [0.29, 0.717) is 0 Å². The molecule has 1 amide bonds. The van der Waals surface area contributed by atoms with Crippen molar-refractivity contribution in [3.8, 4) is 0 Å². The average molecular weight is 192 g/mol. The van der Waals surface area contributed by atoms with Gasteiger partial charge in [-0.15, -0.1) is 0 Å². The first kappa shape index (κ1) is 10.7. The zero-order chi connectivity index (χ0) is 10.8. The topological polar surface area (TPSA) is 42.0 Å². The van der Waals surface area contributed by atoms with E-state index < -0.39 is 5.54 Å². The Morgan fingerprint density at radius 2 is 2.07 bits per heavy atom. The average Bonchev–Trinajstić information content (AvgIpc) is 2.01. The van der Waals surface area contributed by atoms with Crippen LogP contribution in [0.5, 0.6) is 0 Å². The Hall–Kier alpha value is -1.38. The van der Waals surface area contributed by atoms with E-state index in [4.69, 9.17) is 0 Å². The first-order valence-corrected chi connectivity index (χ1v) is 4.65.